The minimum absolute atomic E-state index is 0.0156. The van der Waals surface area contributed by atoms with Crippen LogP contribution in [0.15, 0.2) is 48.0 Å². The Labute approximate surface area is 270 Å². The molecule has 2 aliphatic heterocycles. The molecule has 2 aromatic carbocycles. The van der Waals surface area contributed by atoms with Gasteiger partial charge in [-0.25, -0.2) is 0 Å². The molecule has 2 aromatic rings. The monoisotopic (exact) mass is 617 g/mol. The van der Waals surface area contributed by atoms with Gasteiger partial charge in [0, 0.05) is 43.1 Å². The van der Waals surface area contributed by atoms with Crippen molar-refractivity contribution in [3.8, 4) is 11.2 Å². The van der Waals surface area contributed by atoms with Crippen LogP contribution in [0.1, 0.15) is 113 Å². The molecule has 1 fully saturated rings. The van der Waals surface area contributed by atoms with Crippen LogP contribution in [0.2, 0.25) is 0 Å². The lowest BCUT2D eigenvalue weighted by Crippen LogP contribution is -2.39. The molecular formula is C37H51N3O3S. The van der Waals surface area contributed by atoms with Gasteiger partial charge in [0.15, 0.2) is 0 Å². The molecule has 2 heterocycles. The molecule has 7 heteroatoms. The Kier molecular flexibility index (Phi) is 15.9. The van der Waals surface area contributed by atoms with Crippen LogP contribution >= 0.6 is 11.8 Å². The van der Waals surface area contributed by atoms with Crippen molar-refractivity contribution in [2.24, 2.45) is 5.92 Å². The van der Waals surface area contributed by atoms with Gasteiger partial charge in [-0.15, -0.1) is 0 Å². The number of rotatable bonds is 8. The largest absolute Gasteiger partial charge is 0.355 e. The highest BCUT2D eigenvalue weighted by Crippen LogP contribution is 2.33. The number of thioether (sulfide) groups is 1. The second-order valence-electron chi connectivity index (χ2n) is 12.3. The van der Waals surface area contributed by atoms with Crippen molar-refractivity contribution < 1.29 is 14.4 Å². The SMILES string of the molecule is CC(C)C.CCC#CSC(=C(C)C)c1ccc(CNC=O)c(C(C)C)c1.O=C(CN1Cc2ccccc2C1=O)N1CCCC1. The van der Waals surface area contributed by atoms with Crippen molar-refractivity contribution in [3.05, 3.63) is 75.9 Å². The Bertz CT molecular complexity index is 1340. The van der Waals surface area contributed by atoms with E-state index in [1.807, 2.05) is 29.2 Å². The highest BCUT2D eigenvalue weighted by molar-refractivity contribution is 8.12. The molecule has 4 rings (SSSR count). The molecule has 44 heavy (non-hydrogen) atoms. The second-order valence-corrected chi connectivity index (χ2v) is 13.1. The van der Waals surface area contributed by atoms with Crippen molar-refractivity contribution in [1.29, 1.82) is 0 Å². The van der Waals surface area contributed by atoms with Gasteiger partial charge in [0.1, 0.15) is 6.54 Å². The lowest BCUT2D eigenvalue weighted by atomic mass is 9.94. The van der Waals surface area contributed by atoms with E-state index in [-0.39, 0.29) is 18.4 Å². The van der Waals surface area contributed by atoms with Crippen molar-refractivity contribution in [1.82, 2.24) is 15.1 Å². The predicted octanol–water partition coefficient (Wildman–Crippen LogP) is 7.84. The minimum Gasteiger partial charge on any atom is -0.355 e. The Morgan fingerprint density at radius 1 is 1.05 bits per heavy atom. The number of fused-ring (bicyclic) bond motifs is 1. The third kappa shape index (κ3) is 11.5. The average molecular weight is 618 g/mol. The number of carbonyl (C=O) groups is 3. The van der Waals surface area contributed by atoms with E-state index >= 15 is 0 Å². The summed E-state index contributed by atoms with van der Waals surface area (Å²) in [4.78, 5) is 39.4. The predicted molar refractivity (Wildman–Crippen MR) is 185 cm³/mol. The van der Waals surface area contributed by atoms with Crippen molar-refractivity contribution in [2.75, 3.05) is 19.6 Å². The van der Waals surface area contributed by atoms with Crippen LogP contribution in [0.3, 0.4) is 0 Å². The van der Waals surface area contributed by atoms with E-state index in [9.17, 15) is 14.4 Å². The van der Waals surface area contributed by atoms with Gasteiger partial charge in [-0.05, 0) is 83.9 Å². The molecule has 0 spiro atoms. The summed E-state index contributed by atoms with van der Waals surface area (Å²) in [5.74, 6) is 4.42. The molecule has 1 saturated heterocycles. The van der Waals surface area contributed by atoms with Crippen molar-refractivity contribution >= 4 is 34.9 Å². The first-order valence-corrected chi connectivity index (χ1v) is 16.6. The molecule has 0 atom stereocenters. The van der Waals surface area contributed by atoms with Gasteiger partial charge >= 0.3 is 0 Å². The second kappa shape index (κ2) is 19.0. The van der Waals surface area contributed by atoms with Crippen LogP contribution in [0.5, 0.6) is 0 Å². The normalized spacial score (nSPS) is 13.3. The molecule has 0 saturated carbocycles. The molecule has 2 aliphatic rings. The molecular weight excluding hydrogens is 566 g/mol. The highest BCUT2D eigenvalue weighted by Gasteiger charge is 2.30. The van der Waals surface area contributed by atoms with Gasteiger partial charge < -0.3 is 15.1 Å². The summed E-state index contributed by atoms with van der Waals surface area (Å²) in [6, 6.07) is 14.0. The number of nitrogens with zero attached hydrogens (tertiary/aromatic N) is 2. The lowest BCUT2D eigenvalue weighted by molar-refractivity contribution is -0.130. The molecule has 0 aliphatic carbocycles. The van der Waals surface area contributed by atoms with Gasteiger partial charge in [-0.1, -0.05) is 89.4 Å². The van der Waals surface area contributed by atoms with Crippen LogP contribution in [-0.2, 0) is 22.7 Å². The number of nitrogens with one attached hydrogen (secondary N) is 1. The zero-order valence-corrected chi connectivity index (χ0v) is 28.8. The number of hydrogen-bond donors (Lipinski definition) is 1. The van der Waals surface area contributed by atoms with Gasteiger partial charge in [-0.3, -0.25) is 14.4 Å². The Morgan fingerprint density at radius 3 is 2.27 bits per heavy atom. The van der Waals surface area contributed by atoms with Crippen LogP contribution in [-0.4, -0.2) is 47.7 Å². The van der Waals surface area contributed by atoms with E-state index < -0.39 is 0 Å². The first kappa shape index (κ1) is 36.7. The van der Waals surface area contributed by atoms with E-state index in [0.717, 1.165) is 55.8 Å². The number of benzene rings is 2. The van der Waals surface area contributed by atoms with Crippen molar-refractivity contribution in [2.45, 2.75) is 93.7 Å². The van der Waals surface area contributed by atoms with Crippen LogP contribution in [0.25, 0.3) is 4.91 Å². The third-order valence-corrected chi connectivity index (χ3v) is 8.04. The third-order valence-electron chi connectivity index (χ3n) is 6.94. The first-order chi connectivity index (χ1) is 21.0. The molecule has 1 N–H and O–H groups in total. The summed E-state index contributed by atoms with van der Waals surface area (Å²) < 4.78 is 0. The fraction of sp³-hybridized carbons (Fsp3) is 0.486. The summed E-state index contributed by atoms with van der Waals surface area (Å²) in [6.07, 6.45) is 3.78. The Balaban J connectivity index is 0.000000277. The van der Waals surface area contributed by atoms with E-state index in [1.54, 1.807) is 16.7 Å². The van der Waals surface area contributed by atoms with E-state index in [4.69, 9.17) is 0 Å². The summed E-state index contributed by atoms with van der Waals surface area (Å²) in [5.41, 5.74) is 6.68. The van der Waals surface area contributed by atoms with E-state index in [1.165, 1.54) is 27.2 Å². The average Bonchev–Trinajstić information content (AvgIpc) is 3.63. The summed E-state index contributed by atoms with van der Waals surface area (Å²) in [6.45, 7) is 20.2. The maximum Gasteiger partial charge on any atom is 0.254 e. The smallest absolute Gasteiger partial charge is 0.254 e. The summed E-state index contributed by atoms with van der Waals surface area (Å²) in [7, 11) is 0. The van der Waals surface area contributed by atoms with Crippen LogP contribution in [0.4, 0.5) is 0 Å². The maximum atomic E-state index is 12.1. The number of hydrogen-bond acceptors (Lipinski definition) is 4. The number of allylic oxidation sites excluding steroid dienone is 1. The number of amides is 3. The maximum absolute atomic E-state index is 12.1. The fourth-order valence-electron chi connectivity index (χ4n) is 4.87. The zero-order chi connectivity index (χ0) is 32.6. The molecule has 0 unspecified atom stereocenters. The molecule has 0 radical (unpaired) electrons. The fourth-order valence-corrected chi connectivity index (χ4v) is 5.63. The first-order valence-electron chi connectivity index (χ1n) is 15.8. The van der Waals surface area contributed by atoms with Gasteiger partial charge in [-0.2, -0.15) is 0 Å². The van der Waals surface area contributed by atoms with Gasteiger partial charge in [0.05, 0.1) is 0 Å². The standard InChI is InChI=1S/C19H25NOS.C14H16N2O2.C4H10/c1-6-7-10-22-19(15(4)5)16-8-9-17(12-20-13-21)18(11-16)14(2)3;17-13(15-7-3-4-8-15)10-16-9-11-5-1-2-6-12(11)14(16)18;1-4(2)3/h8-9,11,13-14H,6,12H2,1-5H3,(H,20,21);1-2,5-6H,3-4,7-10H2;4H,1-3H3. The lowest BCUT2D eigenvalue weighted by Gasteiger charge is -2.20. The minimum atomic E-state index is -0.0156. The number of carbonyl (C=O) groups excluding carboxylic acids is 3. The molecule has 0 bridgehead atoms. The van der Waals surface area contributed by atoms with E-state index in [2.05, 4.69) is 90.1 Å². The highest BCUT2D eigenvalue weighted by atomic mass is 32.2. The van der Waals surface area contributed by atoms with Crippen molar-refractivity contribution in [3.63, 3.8) is 0 Å². The van der Waals surface area contributed by atoms with Gasteiger partial charge in [0.25, 0.3) is 5.91 Å². The Hall–Kier alpha value is -3.50. The summed E-state index contributed by atoms with van der Waals surface area (Å²) in [5, 5.41) is 5.92. The summed E-state index contributed by atoms with van der Waals surface area (Å²) >= 11 is 1.60. The Morgan fingerprint density at radius 2 is 1.70 bits per heavy atom. The number of likely N-dealkylation sites (tertiary alicyclic amines) is 1. The van der Waals surface area contributed by atoms with E-state index in [0.29, 0.717) is 19.0 Å². The molecule has 6 nitrogen and oxygen atoms in total. The van der Waals surface area contributed by atoms with Gasteiger partial charge in [0.2, 0.25) is 12.3 Å². The van der Waals surface area contributed by atoms with Crippen LogP contribution < -0.4 is 5.32 Å². The molecule has 238 valence electrons. The molecule has 3 amide bonds. The quantitative estimate of drug-likeness (QED) is 0.242. The zero-order valence-electron chi connectivity index (χ0n) is 28.0. The topological polar surface area (TPSA) is 69.7 Å². The molecule has 0 aromatic heterocycles. The van der Waals surface area contributed by atoms with Crippen LogP contribution in [0, 0.1) is 17.1 Å².